The molecule has 2 aromatic rings. The van der Waals surface area contributed by atoms with Gasteiger partial charge < -0.3 is 24.6 Å². The summed E-state index contributed by atoms with van der Waals surface area (Å²) >= 11 is 0. The summed E-state index contributed by atoms with van der Waals surface area (Å²) in [6, 6.07) is 9.91. The minimum atomic E-state index is -4.66. The van der Waals surface area contributed by atoms with Crippen molar-refractivity contribution in [1.82, 2.24) is 15.1 Å². The molecule has 8 nitrogen and oxygen atoms in total. The number of nitrogens with zero attached hydrogens (tertiary/aromatic N) is 2. The van der Waals surface area contributed by atoms with Crippen LogP contribution in [0.5, 0.6) is 5.75 Å². The van der Waals surface area contributed by atoms with Crippen LogP contribution in [0.15, 0.2) is 67.8 Å². The molecule has 0 saturated carbocycles. The second kappa shape index (κ2) is 13.4. The van der Waals surface area contributed by atoms with Crippen molar-refractivity contribution < 1.29 is 37.0 Å². The fraction of sp³-hybridized carbons (Fsp3) is 0.441. The minimum Gasteiger partial charge on any atom is -0.489 e. The molecule has 1 N–H and O–H groups in total. The van der Waals surface area contributed by atoms with Crippen LogP contribution in [0.1, 0.15) is 60.7 Å². The van der Waals surface area contributed by atoms with Gasteiger partial charge >= 0.3 is 12.3 Å². The molecule has 2 aliphatic rings. The number of carbonyl (C=O) groups is 3. The molecule has 0 spiro atoms. The molecule has 1 saturated heterocycles. The van der Waals surface area contributed by atoms with Crippen molar-refractivity contribution >= 4 is 17.9 Å². The number of nitrogens with one attached hydrogen (secondary N) is 1. The molecule has 1 fully saturated rings. The van der Waals surface area contributed by atoms with Crippen molar-refractivity contribution in [2.45, 2.75) is 64.4 Å². The maximum Gasteiger partial charge on any atom is 0.416 e. The normalized spacial score (nSPS) is 19.8. The van der Waals surface area contributed by atoms with E-state index in [0.717, 1.165) is 29.3 Å². The van der Waals surface area contributed by atoms with Gasteiger partial charge in [0.25, 0.3) is 5.91 Å². The number of fused-ring (bicyclic) bond motifs is 1. The first-order valence-corrected chi connectivity index (χ1v) is 14.9. The van der Waals surface area contributed by atoms with Crippen molar-refractivity contribution in [3.05, 3.63) is 90.0 Å². The molecule has 0 radical (unpaired) electrons. The van der Waals surface area contributed by atoms with E-state index in [0.29, 0.717) is 25.8 Å². The zero-order valence-electron chi connectivity index (χ0n) is 25.9. The third-order valence-corrected chi connectivity index (χ3v) is 8.02. The lowest BCUT2D eigenvalue weighted by Gasteiger charge is -2.42. The van der Waals surface area contributed by atoms with Gasteiger partial charge in [-0.1, -0.05) is 43.0 Å². The van der Waals surface area contributed by atoms with Crippen molar-refractivity contribution in [2.75, 3.05) is 26.2 Å². The fourth-order valence-electron chi connectivity index (χ4n) is 5.84. The van der Waals surface area contributed by atoms with Crippen LogP contribution in [-0.2, 0) is 28.7 Å². The summed E-state index contributed by atoms with van der Waals surface area (Å²) in [5.41, 5.74) is -0.922. The molecule has 2 heterocycles. The zero-order chi connectivity index (χ0) is 33.0. The summed E-state index contributed by atoms with van der Waals surface area (Å²) in [7, 11) is 0. The number of allylic oxidation sites excluding steroid dienone is 1. The molecule has 0 bridgehead atoms. The van der Waals surface area contributed by atoms with Gasteiger partial charge in [-0.25, -0.2) is 4.79 Å². The highest BCUT2D eigenvalue weighted by atomic mass is 19.4. The van der Waals surface area contributed by atoms with Crippen molar-refractivity contribution in [3.63, 3.8) is 0 Å². The van der Waals surface area contributed by atoms with Gasteiger partial charge in [0, 0.05) is 26.2 Å². The van der Waals surface area contributed by atoms with Crippen LogP contribution < -0.4 is 10.1 Å². The summed E-state index contributed by atoms with van der Waals surface area (Å²) in [6.45, 7) is 13.5. The first-order valence-electron chi connectivity index (χ1n) is 14.9. The van der Waals surface area contributed by atoms with E-state index in [9.17, 15) is 27.6 Å². The smallest absolute Gasteiger partial charge is 0.416 e. The largest absolute Gasteiger partial charge is 0.489 e. The van der Waals surface area contributed by atoms with Crippen LogP contribution in [0.3, 0.4) is 0 Å². The maximum absolute atomic E-state index is 14.5. The predicted octanol–water partition coefficient (Wildman–Crippen LogP) is 6.16. The van der Waals surface area contributed by atoms with Gasteiger partial charge in [0.1, 0.15) is 18.0 Å². The number of halogens is 3. The van der Waals surface area contributed by atoms with E-state index >= 15 is 0 Å². The zero-order valence-corrected chi connectivity index (χ0v) is 25.9. The number of carbonyl (C=O) groups excluding carboxylic acids is 3. The fourth-order valence-corrected chi connectivity index (χ4v) is 5.84. The molecule has 4 rings (SSSR count). The van der Waals surface area contributed by atoms with Gasteiger partial charge in [-0.05, 0) is 69.4 Å². The van der Waals surface area contributed by atoms with Crippen LogP contribution in [0.2, 0.25) is 0 Å². The van der Waals surface area contributed by atoms with E-state index in [2.05, 4.69) is 18.5 Å². The average molecular weight is 628 g/mol. The molecule has 11 heteroatoms. The highest BCUT2D eigenvalue weighted by Gasteiger charge is 2.49. The van der Waals surface area contributed by atoms with E-state index < -0.39 is 40.8 Å². The monoisotopic (exact) mass is 627 g/mol. The maximum atomic E-state index is 14.5. The first kappa shape index (κ1) is 33.6. The summed E-state index contributed by atoms with van der Waals surface area (Å²) < 4.78 is 51.6. The number of hydrogen-bond acceptors (Lipinski definition) is 5. The molecular weight excluding hydrogens is 587 g/mol. The number of rotatable bonds is 9. The standard InChI is InChI=1S/C34H40F3N3O5/c1-6-14-33(15-16-39(22-33)31(43)45-32(3,4)5)30(42)40-21-24-11-9-8-10-23(24)18-26(40)20-38-29(41)27-19-25(34(35,36)37)12-13-28(27)44-17-7-2/h6-13,19,26H,1-2,14-18,20-22H2,3-5H3,(H,38,41). The van der Waals surface area contributed by atoms with Crippen molar-refractivity contribution in [1.29, 1.82) is 0 Å². The number of ether oxygens (including phenoxy) is 2. The lowest BCUT2D eigenvalue weighted by atomic mass is 9.80. The predicted molar refractivity (Wildman–Crippen MR) is 164 cm³/mol. The Labute approximate surface area is 261 Å². The third-order valence-electron chi connectivity index (χ3n) is 8.02. The first-order chi connectivity index (χ1) is 21.2. The molecular formula is C34H40F3N3O5. The van der Waals surface area contributed by atoms with Gasteiger partial charge in [-0.3, -0.25) is 9.59 Å². The van der Waals surface area contributed by atoms with Gasteiger partial charge in [0.2, 0.25) is 5.91 Å². The van der Waals surface area contributed by atoms with E-state index in [1.807, 2.05) is 24.3 Å². The Bertz CT molecular complexity index is 1450. The number of hydrogen-bond donors (Lipinski definition) is 1. The van der Waals surface area contributed by atoms with E-state index in [4.69, 9.17) is 9.47 Å². The average Bonchev–Trinajstić information content (AvgIpc) is 3.42. The molecule has 2 aliphatic heterocycles. The molecule has 2 unspecified atom stereocenters. The topological polar surface area (TPSA) is 88.2 Å². The summed E-state index contributed by atoms with van der Waals surface area (Å²) in [5, 5.41) is 2.76. The lowest BCUT2D eigenvalue weighted by Crippen LogP contribution is -2.55. The molecule has 0 aliphatic carbocycles. The van der Waals surface area contributed by atoms with Crippen LogP contribution in [0.25, 0.3) is 0 Å². The number of alkyl halides is 3. The van der Waals surface area contributed by atoms with E-state index in [-0.39, 0.29) is 43.5 Å². The Hall–Kier alpha value is -4.28. The van der Waals surface area contributed by atoms with Gasteiger partial charge in [-0.2, -0.15) is 13.2 Å². The van der Waals surface area contributed by atoms with Gasteiger partial charge in [-0.15, -0.1) is 6.58 Å². The van der Waals surface area contributed by atoms with Crippen LogP contribution in [0, 0.1) is 5.41 Å². The Morgan fingerprint density at radius 2 is 1.78 bits per heavy atom. The number of benzene rings is 2. The highest BCUT2D eigenvalue weighted by Crippen LogP contribution is 2.39. The number of amides is 3. The molecule has 242 valence electrons. The summed E-state index contributed by atoms with van der Waals surface area (Å²) in [5.74, 6) is -0.957. The van der Waals surface area contributed by atoms with E-state index in [1.54, 1.807) is 36.6 Å². The molecule has 3 amide bonds. The third kappa shape index (κ3) is 7.87. The second-order valence-electron chi connectivity index (χ2n) is 12.5. The lowest BCUT2D eigenvalue weighted by molar-refractivity contribution is -0.145. The summed E-state index contributed by atoms with van der Waals surface area (Å²) in [6.07, 6.45) is -0.901. The van der Waals surface area contributed by atoms with Crippen molar-refractivity contribution in [2.24, 2.45) is 5.41 Å². The van der Waals surface area contributed by atoms with Gasteiger partial charge in [0.15, 0.2) is 0 Å². The van der Waals surface area contributed by atoms with Gasteiger partial charge in [0.05, 0.1) is 22.6 Å². The van der Waals surface area contributed by atoms with Crippen LogP contribution in [0.4, 0.5) is 18.0 Å². The molecule has 2 atom stereocenters. The minimum absolute atomic E-state index is 0.000960. The second-order valence-corrected chi connectivity index (χ2v) is 12.5. The number of likely N-dealkylation sites (tertiary alicyclic amines) is 1. The molecule has 2 aromatic carbocycles. The Balaban J connectivity index is 1.60. The SMILES string of the molecule is C=CCOc1ccc(C(F)(F)F)cc1C(=O)NCC1Cc2ccccc2CN1C(=O)C1(CC=C)CCN(C(=O)OC(C)(C)C)C1. The van der Waals surface area contributed by atoms with Crippen molar-refractivity contribution in [3.8, 4) is 5.75 Å². The Morgan fingerprint density at radius 1 is 1.07 bits per heavy atom. The Morgan fingerprint density at radius 3 is 2.42 bits per heavy atom. The molecule has 45 heavy (non-hydrogen) atoms. The highest BCUT2D eigenvalue weighted by molar-refractivity contribution is 5.97. The Kier molecular flexibility index (Phi) is 9.99. The quantitative estimate of drug-likeness (QED) is 0.337. The summed E-state index contributed by atoms with van der Waals surface area (Å²) in [4.78, 5) is 44.0. The van der Waals surface area contributed by atoms with Crippen LogP contribution in [-0.4, -0.2) is 65.6 Å². The molecule has 0 aromatic heterocycles. The van der Waals surface area contributed by atoms with E-state index in [1.165, 1.54) is 6.08 Å². The van der Waals surface area contributed by atoms with Crippen LogP contribution >= 0.6 is 0 Å².